The second kappa shape index (κ2) is 3.16. The molecule has 4 N–H and O–H groups in total. The Balaban J connectivity index is 2.89. The van der Waals surface area contributed by atoms with E-state index in [1.807, 2.05) is 6.07 Å². The van der Waals surface area contributed by atoms with Crippen molar-refractivity contribution in [1.82, 2.24) is 4.98 Å². The Morgan fingerprint density at radius 2 is 2.27 bits per heavy atom. The van der Waals surface area contributed by atoms with Crippen molar-refractivity contribution in [3.63, 3.8) is 0 Å². The highest BCUT2D eigenvalue weighted by molar-refractivity contribution is 5.31. The molecule has 3 nitrogen and oxygen atoms in total. The van der Waals surface area contributed by atoms with Crippen molar-refractivity contribution < 1.29 is 0 Å². The zero-order valence-electron chi connectivity index (χ0n) is 6.20. The molecule has 1 heterocycles. The van der Waals surface area contributed by atoms with E-state index in [0.29, 0.717) is 5.82 Å². The van der Waals surface area contributed by atoms with Gasteiger partial charge in [-0.25, -0.2) is 4.98 Å². The summed E-state index contributed by atoms with van der Waals surface area (Å²) in [5.74, 6) is 0.505. The first kappa shape index (κ1) is 7.75. The molecule has 0 radical (unpaired) electrons. The van der Waals surface area contributed by atoms with Crippen molar-refractivity contribution in [2.75, 3.05) is 5.73 Å². The van der Waals surface area contributed by atoms with Crippen molar-refractivity contribution >= 4 is 5.82 Å². The Kier molecular flexibility index (Phi) is 2.23. The van der Waals surface area contributed by atoms with Gasteiger partial charge in [0.2, 0.25) is 0 Å². The van der Waals surface area contributed by atoms with Gasteiger partial charge in [0, 0.05) is 12.2 Å². The number of nitrogens with two attached hydrogens (primary N) is 2. The highest BCUT2D eigenvalue weighted by Gasteiger charge is 1.99. The molecule has 0 aliphatic carbocycles. The summed E-state index contributed by atoms with van der Waals surface area (Å²) in [6, 6.07) is 3.41. The molecule has 3 heteroatoms. The van der Waals surface area contributed by atoms with E-state index in [4.69, 9.17) is 11.5 Å². The molecule has 0 aliphatic heterocycles. The van der Waals surface area contributed by atoms with Gasteiger partial charge in [0.25, 0.3) is 0 Å². The predicted octanol–water partition coefficient (Wildman–Crippen LogP) is 0.850. The average molecular weight is 149 g/mol. The summed E-state index contributed by atoms with van der Waals surface area (Å²) in [4.78, 5) is 3.90. The maximum atomic E-state index is 5.65. The lowest BCUT2D eigenvalue weighted by molar-refractivity contribution is 0.905. The first-order valence-corrected chi connectivity index (χ1v) is 3.33. The van der Waals surface area contributed by atoms with Crippen LogP contribution in [0.1, 0.15) is 11.6 Å². The maximum Gasteiger partial charge on any atom is 0.123 e. The monoisotopic (exact) mass is 149 g/mol. The summed E-state index contributed by atoms with van der Waals surface area (Å²) in [6.45, 7) is 3.58. The van der Waals surface area contributed by atoms with Crippen LogP contribution in [-0.4, -0.2) is 4.98 Å². The minimum Gasteiger partial charge on any atom is -0.384 e. The number of rotatable bonds is 2. The van der Waals surface area contributed by atoms with Crippen LogP contribution in [-0.2, 0) is 0 Å². The lowest BCUT2D eigenvalue weighted by Crippen LogP contribution is -2.06. The lowest BCUT2D eigenvalue weighted by atomic mass is 10.1. The van der Waals surface area contributed by atoms with Gasteiger partial charge < -0.3 is 11.5 Å². The van der Waals surface area contributed by atoms with E-state index < -0.39 is 0 Å². The topological polar surface area (TPSA) is 64.9 Å². The largest absolute Gasteiger partial charge is 0.384 e. The molecule has 0 amide bonds. The van der Waals surface area contributed by atoms with Crippen LogP contribution in [0.3, 0.4) is 0 Å². The van der Waals surface area contributed by atoms with E-state index in [-0.39, 0.29) is 6.04 Å². The molecule has 1 atom stereocenters. The third-order valence-corrected chi connectivity index (χ3v) is 1.45. The number of pyridine rings is 1. The first-order valence-electron chi connectivity index (χ1n) is 3.33. The number of hydrogen-bond donors (Lipinski definition) is 2. The van der Waals surface area contributed by atoms with Crippen LogP contribution in [0.4, 0.5) is 5.82 Å². The fraction of sp³-hybridized carbons (Fsp3) is 0.125. The predicted molar refractivity (Wildman–Crippen MR) is 45.8 cm³/mol. The molecule has 0 unspecified atom stereocenters. The van der Waals surface area contributed by atoms with Gasteiger partial charge in [0.1, 0.15) is 5.82 Å². The van der Waals surface area contributed by atoms with E-state index in [1.54, 1.807) is 18.3 Å². The van der Waals surface area contributed by atoms with E-state index in [0.717, 1.165) is 5.56 Å². The molecule has 1 aromatic rings. The van der Waals surface area contributed by atoms with Gasteiger partial charge in [-0.2, -0.15) is 0 Å². The van der Waals surface area contributed by atoms with Crippen LogP contribution >= 0.6 is 0 Å². The van der Waals surface area contributed by atoms with Gasteiger partial charge in [-0.05, 0) is 11.6 Å². The van der Waals surface area contributed by atoms with E-state index >= 15 is 0 Å². The maximum absolute atomic E-state index is 5.65. The van der Waals surface area contributed by atoms with Crippen LogP contribution in [0.5, 0.6) is 0 Å². The van der Waals surface area contributed by atoms with Crippen molar-refractivity contribution in [1.29, 1.82) is 0 Å². The van der Waals surface area contributed by atoms with Crippen molar-refractivity contribution in [3.05, 3.63) is 36.5 Å². The molecule has 0 fully saturated rings. The van der Waals surface area contributed by atoms with Gasteiger partial charge in [0.15, 0.2) is 0 Å². The fourth-order valence-electron chi connectivity index (χ4n) is 0.750. The highest BCUT2D eigenvalue weighted by atomic mass is 14.8. The molecular weight excluding hydrogens is 138 g/mol. The number of anilines is 1. The van der Waals surface area contributed by atoms with Crippen molar-refractivity contribution in [2.45, 2.75) is 6.04 Å². The van der Waals surface area contributed by atoms with Crippen LogP contribution < -0.4 is 11.5 Å². The van der Waals surface area contributed by atoms with Gasteiger partial charge >= 0.3 is 0 Å². The van der Waals surface area contributed by atoms with Gasteiger partial charge in [-0.3, -0.25) is 0 Å². The van der Waals surface area contributed by atoms with Gasteiger partial charge in [0.05, 0.1) is 0 Å². The van der Waals surface area contributed by atoms with Crippen LogP contribution in [0.25, 0.3) is 0 Å². The smallest absolute Gasteiger partial charge is 0.123 e. The number of nitrogen functional groups attached to an aromatic ring is 1. The molecule has 58 valence electrons. The van der Waals surface area contributed by atoms with Gasteiger partial charge in [-0.1, -0.05) is 12.1 Å². The lowest BCUT2D eigenvalue weighted by Gasteiger charge is -2.04. The Morgan fingerprint density at radius 3 is 2.73 bits per heavy atom. The van der Waals surface area contributed by atoms with E-state index in [9.17, 15) is 0 Å². The summed E-state index contributed by atoms with van der Waals surface area (Å²) in [5.41, 5.74) is 12.0. The van der Waals surface area contributed by atoms with Crippen LogP contribution in [0.2, 0.25) is 0 Å². The van der Waals surface area contributed by atoms with Gasteiger partial charge in [-0.15, -0.1) is 6.58 Å². The van der Waals surface area contributed by atoms with Crippen LogP contribution in [0, 0.1) is 0 Å². The van der Waals surface area contributed by atoms with Crippen LogP contribution in [0.15, 0.2) is 31.0 Å². The van der Waals surface area contributed by atoms with E-state index in [2.05, 4.69) is 11.6 Å². The number of aromatic nitrogens is 1. The number of nitrogens with zero attached hydrogens (tertiary/aromatic N) is 1. The Hall–Kier alpha value is -1.35. The quantitative estimate of drug-likeness (QED) is 0.612. The molecule has 11 heavy (non-hydrogen) atoms. The summed E-state index contributed by atoms with van der Waals surface area (Å²) >= 11 is 0. The molecule has 0 spiro atoms. The van der Waals surface area contributed by atoms with Crippen molar-refractivity contribution in [2.24, 2.45) is 5.73 Å². The first-order chi connectivity index (χ1) is 5.24. The molecule has 0 bridgehead atoms. The second-order valence-electron chi connectivity index (χ2n) is 2.28. The normalized spacial score (nSPS) is 12.5. The summed E-state index contributed by atoms with van der Waals surface area (Å²) in [5, 5.41) is 0. The average Bonchev–Trinajstić information content (AvgIpc) is 2.05. The minimum absolute atomic E-state index is 0.150. The minimum atomic E-state index is -0.150. The SMILES string of the molecule is C=C[C@@H](N)c1ccc(N)nc1. The van der Waals surface area contributed by atoms with E-state index in [1.165, 1.54) is 0 Å². The molecule has 1 rings (SSSR count). The molecule has 0 aromatic carbocycles. The second-order valence-corrected chi connectivity index (χ2v) is 2.28. The molecule has 0 aliphatic rings. The summed E-state index contributed by atoms with van der Waals surface area (Å²) in [7, 11) is 0. The molecule has 0 saturated carbocycles. The Morgan fingerprint density at radius 1 is 1.55 bits per heavy atom. The Bertz CT molecular complexity index is 240. The number of hydrogen-bond acceptors (Lipinski definition) is 3. The third-order valence-electron chi connectivity index (χ3n) is 1.45. The zero-order valence-corrected chi connectivity index (χ0v) is 6.20. The summed E-state index contributed by atoms with van der Waals surface area (Å²) in [6.07, 6.45) is 3.31. The molecular formula is C8H11N3. The fourth-order valence-corrected chi connectivity index (χ4v) is 0.750. The third kappa shape index (κ3) is 1.78. The standard InChI is InChI=1S/C8H11N3/c1-2-7(9)6-3-4-8(10)11-5-6/h2-5,7H,1,9H2,(H2,10,11)/t7-/m1/s1. The Labute approximate surface area is 65.7 Å². The molecule has 1 aromatic heterocycles. The molecule has 0 saturated heterocycles. The summed E-state index contributed by atoms with van der Waals surface area (Å²) < 4.78 is 0. The zero-order chi connectivity index (χ0) is 8.27. The van der Waals surface area contributed by atoms with Crippen molar-refractivity contribution in [3.8, 4) is 0 Å². The highest BCUT2D eigenvalue weighted by Crippen LogP contribution is 2.09.